The molecule has 1 aliphatic rings. The lowest BCUT2D eigenvalue weighted by Crippen LogP contribution is -2.56. The van der Waals surface area contributed by atoms with E-state index in [1.165, 1.54) is 6.42 Å². The van der Waals surface area contributed by atoms with E-state index in [2.05, 4.69) is 20.8 Å². The summed E-state index contributed by atoms with van der Waals surface area (Å²) in [5.74, 6) is 0.629. The van der Waals surface area contributed by atoms with E-state index < -0.39 is 0 Å². The molecule has 0 heterocycles. The largest absolute Gasteiger partial charge is 0.327 e. The minimum Gasteiger partial charge on any atom is -0.327 e. The Morgan fingerprint density at radius 3 is 2.18 bits per heavy atom. The van der Waals surface area contributed by atoms with Crippen molar-refractivity contribution in [2.24, 2.45) is 22.8 Å². The van der Waals surface area contributed by atoms with Crippen molar-refractivity contribution in [1.29, 1.82) is 0 Å². The zero-order valence-electron chi connectivity index (χ0n) is 7.80. The van der Waals surface area contributed by atoms with Gasteiger partial charge in [-0.05, 0) is 24.2 Å². The van der Waals surface area contributed by atoms with E-state index >= 15 is 0 Å². The van der Waals surface area contributed by atoms with Crippen molar-refractivity contribution >= 4 is 0 Å². The molecular weight excluding hydrogens is 136 g/mol. The van der Waals surface area contributed by atoms with Gasteiger partial charge in [0.15, 0.2) is 0 Å². The Bertz CT molecular complexity index is 142. The maximum atomic E-state index is 6.07. The van der Waals surface area contributed by atoms with Gasteiger partial charge in [0, 0.05) is 12.1 Å². The van der Waals surface area contributed by atoms with E-state index in [1.54, 1.807) is 0 Å². The molecule has 4 N–H and O–H groups in total. The Balaban J connectivity index is 2.72. The van der Waals surface area contributed by atoms with Crippen LogP contribution in [-0.2, 0) is 0 Å². The predicted molar refractivity (Wildman–Crippen MR) is 48.1 cm³/mol. The SMILES string of the molecule is CC1CCC(N)C(C)(C)C1N. The molecule has 0 radical (unpaired) electrons. The van der Waals surface area contributed by atoms with Gasteiger partial charge in [-0.3, -0.25) is 0 Å². The maximum Gasteiger partial charge on any atom is 0.0131 e. The Hall–Kier alpha value is -0.0800. The Labute approximate surface area is 69.3 Å². The Morgan fingerprint density at radius 1 is 1.18 bits per heavy atom. The first kappa shape index (κ1) is 9.01. The van der Waals surface area contributed by atoms with Gasteiger partial charge in [0.1, 0.15) is 0 Å². The summed E-state index contributed by atoms with van der Waals surface area (Å²) in [5.41, 5.74) is 12.2. The van der Waals surface area contributed by atoms with E-state index in [1.807, 2.05) is 0 Å². The van der Waals surface area contributed by atoms with Crippen LogP contribution >= 0.6 is 0 Å². The molecule has 0 aliphatic heterocycles. The molecule has 11 heavy (non-hydrogen) atoms. The summed E-state index contributed by atoms with van der Waals surface area (Å²) in [6.07, 6.45) is 2.31. The number of nitrogens with two attached hydrogens (primary N) is 2. The minimum absolute atomic E-state index is 0.123. The lowest BCUT2D eigenvalue weighted by molar-refractivity contribution is 0.120. The van der Waals surface area contributed by atoms with Crippen LogP contribution in [0, 0.1) is 11.3 Å². The fraction of sp³-hybridized carbons (Fsp3) is 1.00. The first-order chi connectivity index (χ1) is 4.96. The third-order valence-electron chi connectivity index (χ3n) is 3.36. The average Bonchev–Trinajstić information content (AvgIpc) is 1.95. The topological polar surface area (TPSA) is 52.0 Å². The lowest BCUT2D eigenvalue weighted by Gasteiger charge is -2.45. The van der Waals surface area contributed by atoms with E-state index in [9.17, 15) is 0 Å². The lowest BCUT2D eigenvalue weighted by atomic mass is 9.66. The summed E-state index contributed by atoms with van der Waals surface area (Å²) < 4.78 is 0. The van der Waals surface area contributed by atoms with Gasteiger partial charge < -0.3 is 11.5 Å². The zero-order chi connectivity index (χ0) is 8.65. The van der Waals surface area contributed by atoms with Crippen LogP contribution in [0.25, 0.3) is 0 Å². The molecule has 0 aromatic carbocycles. The molecule has 2 heteroatoms. The van der Waals surface area contributed by atoms with Crippen molar-refractivity contribution in [3.63, 3.8) is 0 Å². The second-order valence-electron chi connectivity index (χ2n) is 4.51. The van der Waals surface area contributed by atoms with E-state index in [0.717, 1.165) is 6.42 Å². The van der Waals surface area contributed by atoms with Crippen molar-refractivity contribution in [2.75, 3.05) is 0 Å². The van der Waals surface area contributed by atoms with Gasteiger partial charge in [-0.25, -0.2) is 0 Å². The minimum atomic E-state index is 0.123. The maximum absolute atomic E-state index is 6.07. The van der Waals surface area contributed by atoms with Gasteiger partial charge >= 0.3 is 0 Å². The smallest absolute Gasteiger partial charge is 0.0131 e. The summed E-state index contributed by atoms with van der Waals surface area (Å²) in [6, 6.07) is 0.556. The Morgan fingerprint density at radius 2 is 1.73 bits per heavy atom. The van der Waals surface area contributed by atoms with Gasteiger partial charge in [-0.2, -0.15) is 0 Å². The third-order valence-corrected chi connectivity index (χ3v) is 3.36. The fourth-order valence-electron chi connectivity index (χ4n) is 1.97. The normalized spacial score (nSPS) is 43.9. The Kier molecular flexibility index (Phi) is 2.26. The predicted octanol–water partition coefficient (Wildman–Crippen LogP) is 1.10. The van der Waals surface area contributed by atoms with Gasteiger partial charge in [0.2, 0.25) is 0 Å². The van der Waals surface area contributed by atoms with Crippen LogP contribution in [0.2, 0.25) is 0 Å². The highest BCUT2D eigenvalue weighted by Crippen LogP contribution is 2.36. The summed E-state index contributed by atoms with van der Waals surface area (Å²) in [4.78, 5) is 0. The second-order valence-corrected chi connectivity index (χ2v) is 4.51. The summed E-state index contributed by atoms with van der Waals surface area (Å²) >= 11 is 0. The molecule has 3 unspecified atom stereocenters. The third kappa shape index (κ3) is 1.42. The quantitative estimate of drug-likeness (QED) is 0.552. The van der Waals surface area contributed by atoms with Crippen LogP contribution in [-0.4, -0.2) is 12.1 Å². The molecule has 0 aromatic rings. The highest BCUT2D eigenvalue weighted by atomic mass is 14.8. The number of hydrogen-bond acceptors (Lipinski definition) is 2. The molecule has 1 fully saturated rings. The van der Waals surface area contributed by atoms with Gasteiger partial charge in [-0.15, -0.1) is 0 Å². The standard InChI is InChI=1S/C9H20N2/c1-6-4-5-7(10)9(2,3)8(6)11/h6-8H,4-5,10-11H2,1-3H3. The van der Waals surface area contributed by atoms with Gasteiger partial charge in [0.05, 0.1) is 0 Å². The van der Waals surface area contributed by atoms with E-state index in [0.29, 0.717) is 5.92 Å². The highest BCUT2D eigenvalue weighted by Gasteiger charge is 2.39. The van der Waals surface area contributed by atoms with Crippen molar-refractivity contribution in [2.45, 2.75) is 45.7 Å². The van der Waals surface area contributed by atoms with Crippen LogP contribution in [0.15, 0.2) is 0 Å². The van der Waals surface area contributed by atoms with Crippen LogP contribution in [0.4, 0.5) is 0 Å². The summed E-state index contributed by atoms with van der Waals surface area (Å²) in [6.45, 7) is 6.58. The van der Waals surface area contributed by atoms with E-state index in [-0.39, 0.29) is 17.5 Å². The average molecular weight is 156 g/mol. The second kappa shape index (κ2) is 2.76. The zero-order valence-corrected chi connectivity index (χ0v) is 7.80. The molecule has 0 aromatic heterocycles. The summed E-state index contributed by atoms with van der Waals surface area (Å²) in [5, 5.41) is 0. The van der Waals surface area contributed by atoms with Crippen LogP contribution in [0.1, 0.15) is 33.6 Å². The van der Waals surface area contributed by atoms with Gasteiger partial charge in [-0.1, -0.05) is 20.8 Å². The molecule has 66 valence electrons. The summed E-state index contributed by atoms with van der Waals surface area (Å²) in [7, 11) is 0. The molecule has 0 saturated heterocycles. The molecule has 0 spiro atoms. The van der Waals surface area contributed by atoms with Crippen molar-refractivity contribution in [3.05, 3.63) is 0 Å². The molecule has 1 rings (SSSR count). The molecule has 3 atom stereocenters. The molecular formula is C9H20N2. The van der Waals surface area contributed by atoms with Crippen molar-refractivity contribution < 1.29 is 0 Å². The number of hydrogen-bond donors (Lipinski definition) is 2. The molecule has 0 bridgehead atoms. The van der Waals surface area contributed by atoms with Crippen molar-refractivity contribution in [1.82, 2.24) is 0 Å². The van der Waals surface area contributed by atoms with Crippen molar-refractivity contribution in [3.8, 4) is 0 Å². The van der Waals surface area contributed by atoms with Gasteiger partial charge in [0.25, 0.3) is 0 Å². The molecule has 1 aliphatic carbocycles. The first-order valence-electron chi connectivity index (χ1n) is 4.47. The fourth-order valence-corrected chi connectivity index (χ4v) is 1.97. The van der Waals surface area contributed by atoms with Crippen LogP contribution < -0.4 is 11.5 Å². The first-order valence-corrected chi connectivity index (χ1v) is 4.47. The molecule has 1 saturated carbocycles. The van der Waals surface area contributed by atoms with E-state index in [4.69, 9.17) is 11.5 Å². The molecule has 2 nitrogen and oxygen atoms in total. The van der Waals surface area contributed by atoms with Crippen LogP contribution in [0.5, 0.6) is 0 Å². The monoisotopic (exact) mass is 156 g/mol. The van der Waals surface area contributed by atoms with Crippen LogP contribution in [0.3, 0.4) is 0 Å². The highest BCUT2D eigenvalue weighted by molar-refractivity contribution is 4.96. The molecule has 0 amide bonds. The number of rotatable bonds is 0.